The second kappa shape index (κ2) is 9.62. The Balaban J connectivity index is 1.90. The Kier molecular flexibility index (Phi) is 7.23. The van der Waals surface area contributed by atoms with Crippen LogP contribution in [0.2, 0.25) is 0 Å². The molecule has 0 aliphatic rings. The second-order valence-electron chi connectivity index (χ2n) is 5.08. The van der Waals surface area contributed by atoms with Crippen molar-refractivity contribution in [1.82, 2.24) is 0 Å². The fourth-order valence-electron chi connectivity index (χ4n) is 2.15. The topological polar surface area (TPSA) is 73.9 Å². The highest BCUT2D eigenvalue weighted by atomic mass is 79.9. The van der Waals surface area contributed by atoms with Crippen molar-refractivity contribution in [3.63, 3.8) is 0 Å². The molecule has 0 aliphatic heterocycles. The maximum absolute atomic E-state index is 11.8. The van der Waals surface area contributed by atoms with Crippen molar-refractivity contribution in [2.45, 2.75) is 0 Å². The van der Waals surface area contributed by atoms with E-state index in [-0.39, 0.29) is 6.61 Å². The van der Waals surface area contributed by atoms with Crippen molar-refractivity contribution in [2.24, 2.45) is 0 Å². The van der Waals surface area contributed by atoms with Crippen molar-refractivity contribution in [3.05, 3.63) is 58.6 Å². The largest absolute Gasteiger partial charge is 0.493 e. The van der Waals surface area contributed by atoms with E-state index in [2.05, 4.69) is 21.2 Å². The molecule has 7 heteroatoms. The Morgan fingerprint density at radius 1 is 1.12 bits per heavy atom. The van der Waals surface area contributed by atoms with Crippen LogP contribution in [-0.4, -0.2) is 32.7 Å². The van der Waals surface area contributed by atoms with Gasteiger partial charge in [-0.15, -0.1) is 0 Å². The SMILES string of the molecule is COc1cccc(C=CC(=O)OCC(=O)Nc2cccc(Br)c2)c1OC. The van der Waals surface area contributed by atoms with Gasteiger partial charge in [0.2, 0.25) is 0 Å². The van der Waals surface area contributed by atoms with Crippen molar-refractivity contribution >= 4 is 39.6 Å². The summed E-state index contributed by atoms with van der Waals surface area (Å²) in [5, 5.41) is 2.64. The lowest BCUT2D eigenvalue weighted by atomic mass is 10.1. The number of rotatable bonds is 7. The smallest absolute Gasteiger partial charge is 0.331 e. The molecule has 2 rings (SSSR count). The molecule has 6 nitrogen and oxygen atoms in total. The molecular formula is C19H18BrNO5. The number of benzene rings is 2. The van der Waals surface area contributed by atoms with Crippen LogP contribution in [0.4, 0.5) is 5.69 Å². The lowest BCUT2D eigenvalue weighted by molar-refractivity contribution is -0.142. The molecular weight excluding hydrogens is 402 g/mol. The number of carbonyl (C=O) groups is 2. The van der Waals surface area contributed by atoms with Gasteiger partial charge in [-0.25, -0.2) is 4.79 Å². The van der Waals surface area contributed by atoms with E-state index in [0.717, 1.165) is 4.47 Å². The number of para-hydroxylation sites is 1. The van der Waals surface area contributed by atoms with E-state index in [1.807, 2.05) is 6.07 Å². The summed E-state index contributed by atoms with van der Waals surface area (Å²) >= 11 is 3.31. The summed E-state index contributed by atoms with van der Waals surface area (Å²) < 4.78 is 16.2. The molecule has 1 N–H and O–H groups in total. The standard InChI is InChI=1S/C19H18BrNO5/c1-24-16-8-3-5-13(19(16)25-2)9-10-18(23)26-12-17(22)21-15-7-4-6-14(20)11-15/h3-11H,12H2,1-2H3,(H,21,22). The zero-order chi connectivity index (χ0) is 18.9. The Labute approximate surface area is 159 Å². The first-order valence-corrected chi connectivity index (χ1v) is 8.44. The number of anilines is 1. The third-order valence-electron chi connectivity index (χ3n) is 3.29. The van der Waals surface area contributed by atoms with E-state index in [1.165, 1.54) is 26.4 Å². The van der Waals surface area contributed by atoms with Gasteiger partial charge in [0.1, 0.15) is 0 Å². The quantitative estimate of drug-likeness (QED) is 0.547. The molecule has 0 heterocycles. The fourth-order valence-corrected chi connectivity index (χ4v) is 2.55. The summed E-state index contributed by atoms with van der Waals surface area (Å²) in [6.07, 6.45) is 2.76. The third kappa shape index (κ3) is 5.63. The number of amides is 1. The van der Waals surface area contributed by atoms with E-state index in [0.29, 0.717) is 22.7 Å². The summed E-state index contributed by atoms with van der Waals surface area (Å²) in [7, 11) is 3.04. The average molecular weight is 420 g/mol. The molecule has 26 heavy (non-hydrogen) atoms. The number of carbonyl (C=O) groups excluding carboxylic acids is 2. The first-order valence-electron chi connectivity index (χ1n) is 7.64. The molecule has 0 atom stereocenters. The lowest BCUT2D eigenvalue weighted by Crippen LogP contribution is -2.20. The number of ether oxygens (including phenoxy) is 3. The normalized spacial score (nSPS) is 10.4. The number of nitrogens with one attached hydrogen (secondary N) is 1. The minimum atomic E-state index is -0.640. The highest BCUT2D eigenvalue weighted by Crippen LogP contribution is 2.31. The molecule has 2 aromatic rings. The maximum atomic E-state index is 11.8. The highest BCUT2D eigenvalue weighted by molar-refractivity contribution is 9.10. The Bertz CT molecular complexity index is 819. The Hall–Kier alpha value is -2.80. The van der Waals surface area contributed by atoms with Crippen LogP contribution in [0.3, 0.4) is 0 Å². The molecule has 0 radical (unpaired) electrons. The predicted molar refractivity (Wildman–Crippen MR) is 102 cm³/mol. The minimum Gasteiger partial charge on any atom is -0.493 e. The number of hydrogen-bond donors (Lipinski definition) is 1. The predicted octanol–water partition coefficient (Wildman–Crippen LogP) is 3.66. The van der Waals surface area contributed by atoms with Gasteiger partial charge in [-0.3, -0.25) is 4.79 Å². The Morgan fingerprint density at radius 2 is 1.88 bits per heavy atom. The average Bonchev–Trinajstić information content (AvgIpc) is 2.64. The molecule has 0 saturated carbocycles. The van der Waals surface area contributed by atoms with E-state index >= 15 is 0 Å². The van der Waals surface area contributed by atoms with E-state index in [1.54, 1.807) is 36.4 Å². The molecule has 136 valence electrons. The Morgan fingerprint density at radius 3 is 2.58 bits per heavy atom. The van der Waals surface area contributed by atoms with Crippen LogP contribution in [0.25, 0.3) is 6.08 Å². The van der Waals surface area contributed by atoms with Gasteiger partial charge in [0.25, 0.3) is 5.91 Å². The van der Waals surface area contributed by atoms with Gasteiger partial charge < -0.3 is 19.5 Å². The molecule has 1 amide bonds. The third-order valence-corrected chi connectivity index (χ3v) is 3.78. The molecule has 0 spiro atoms. The van der Waals surface area contributed by atoms with Crippen molar-refractivity contribution in [3.8, 4) is 11.5 Å². The number of methoxy groups -OCH3 is 2. The first kappa shape index (κ1) is 19.5. The summed E-state index contributed by atoms with van der Waals surface area (Å²) in [5.74, 6) is -0.00839. The molecule has 0 aliphatic carbocycles. The van der Waals surface area contributed by atoms with Gasteiger partial charge >= 0.3 is 5.97 Å². The summed E-state index contributed by atoms with van der Waals surface area (Å²) in [5.41, 5.74) is 1.26. The minimum absolute atomic E-state index is 0.384. The molecule has 2 aromatic carbocycles. The van der Waals surface area contributed by atoms with Crippen molar-refractivity contribution in [2.75, 3.05) is 26.1 Å². The van der Waals surface area contributed by atoms with Crippen LogP contribution in [-0.2, 0) is 14.3 Å². The zero-order valence-electron chi connectivity index (χ0n) is 14.3. The van der Waals surface area contributed by atoms with Crippen molar-refractivity contribution in [1.29, 1.82) is 0 Å². The molecule has 0 bridgehead atoms. The van der Waals surface area contributed by atoms with Crippen LogP contribution < -0.4 is 14.8 Å². The van der Waals surface area contributed by atoms with E-state index in [9.17, 15) is 9.59 Å². The van der Waals surface area contributed by atoms with Crippen LogP contribution in [0.5, 0.6) is 11.5 Å². The highest BCUT2D eigenvalue weighted by Gasteiger charge is 2.09. The number of hydrogen-bond acceptors (Lipinski definition) is 5. The van der Waals surface area contributed by atoms with Gasteiger partial charge in [-0.05, 0) is 30.3 Å². The number of esters is 1. The van der Waals surface area contributed by atoms with Crippen LogP contribution >= 0.6 is 15.9 Å². The summed E-state index contributed by atoms with van der Waals surface area (Å²) in [6, 6.07) is 12.4. The van der Waals surface area contributed by atoms with Gasteiger partial charge in [0.05, 0.1) is 14.2 Å². The van der Waals surface area contributed by atoms with Crippen LogP contribution in [0.15, 0.2) is 53.0 Å². The number of halogens is 1. The second-order valence-corrected chi connectivity index (χ2v) is 6.00. The fraction of sp³-hybridized carbons (Fsp3) is 0.158. The monoisotopic (exact) mass is 419 g/mol. The van der Waals surface area contributed by atoms with Crippen LogP contribution in [0, 0.1) is 0 Å². The van der Waals surface area contributed by atoms with Gasteiger partial charge in [0.15, 0.2) is 18.1 Å². The summed E-state index contributed by atoms with van der Waals surface area (Å²) in [4.78, 5) is 23.6. The van der Waals surface area contributed by atoms with Crippen LogP contribution in [0.1, 0.15) is 5.56 Å². The first-order chi connectivity index (χ1) is 12.5. The zero-order valence-corrected chi connectivity index (χ0v) is 15.9. The molecule has 0 unspecified atom stereocenters. The maximum Gasteiger partial charge on any atom is 0.331 e. The lowest BCUT2D eigenvalue weighted by Gasteiger charge is -2.09. The van der Waals surface area contributed by atoms with Gasteiger partial charge in [0, 0.05) is 21.8 Å². The molecule has 0 aromatic heterocycles. The van der Waals surface area contributed by atoms with E-state index < -0.39 is 11.9 Å². The van der Waals surface area contributed by atoms with E-state index in [4.69, 9.17) is 14.2 Å². The van der Waals surface area contributed by atoms with Gasteiger partial charge in [-0.2, -0.15) is 0 Å². The summed E-state index contributed by atoms with van der Waals surface area (Å²) in [6.45, 7) is -0.384. The van der Waals surface area contributed by atoms with Gasteiger partial charge in [-0.1, -0.05) is 34.1 Å². The van der Waals surface area contributed by atoms with Crippen molar-refractivity contribution < 1.29 is 23.8 Å². The molecule has 0 saturated heterocycles. The molecule has 0 fully saturated rings.